The first-order chi connectivity index (χ1) is 8.93. The minimum atomic E-state index is -0.204. The standard InChI is InChI=1S/C16H22O3/c1-9-11-5-6-15(2)8-10(15)4-7-16(3)13(19-16)12(11)18-14(9)17/h10-13H,1,4-8H2,2-3H3. The molecule has 3 nitrogen and oxygen atoms in total. The van der Waals surface area contributed by atoms with Gasteiger partial charge in [-0.1, -0.05) is 13.5 Å². The van der Waals surface area contributed by atoms with Crippen LogP contribution >= 0.6 is 0 Å². The fourth-order valence-corrected chi connectivity index (χ4v) is 4.32. The third-order valence-electron chi connectivity index (χ3n) is 6.14. The molecule has 0 aromatic rings. The summed E-state index contributed by atoms with van der Waals surface area (Å²) in [5.41, 5.74) is 1.10. The molecule has 0 spiro atoms. The minimum absolute atomic E-state index is 0.0609. The van der Waals surface area contributed by atoms with Crippen LogP contribution < -0.4 is 0 Å². The molecule has 104 valence electrons. The molecular formula is C16H22O3. The van der Waals surface area contributed by atoms with E-state index in [-0.39, 0.29) is 29.7 Å². The topological polar surface area (TPSA) is 38.8 Å². The molecule has 0 radical (unpaired) electrons. The largest absolute Gasteiger partial charge is 0.455 e. The van der Waals surface area contributed by atoms with E-state index in [1.807, 2.05) is 0 Å². The number of hydrogen-bond acceptors (Lipinski definition) is 3. The molecule has 2 aliphatic heterocycles. The van der Waals surface area contributed by atoms with Crippen LogP contribution in [0.25, 0.3) is 0 Å². The second kappa shape index (κ2) is 3.43. The van der Waals surface area contributed by atoms with Gasteiger partial charge in [-0.05, 0) is 50.4 Å². The van der Waals surface area contributed by atoms with Crippen molar-refractivity contribution >= 4 is 5.97 Å². The average molecular weight is 262 g/mol. The van der Waals surface area contributed by atoms with E-state index < -0.39 is 0 Å². The van der Waals surface area contributed by atoms with Crippen LogP contribution in [0.1, 0.15) is 46.0 Å². The van der Waals surface area contributed by atoms with Crippen molar-refractivity contribution in [1.82, 2.24) is 0 Å². The number of carbonyl (C=O) groups excluding carboxylic acids is 1. The van der Waals surface area contributed by atoms with Crippen molar-refractivity contribution in [3.63, 3.8) is 0 Å². The van der Waals surface area contributed by atoms with Crippen molar-refractivity contribution in [2.24, 2.45) is 17.3 Å². The Labute approximate surface area is 114 Å². The summed E-state index contributed by atoms with van der Waals surface area (Å²) in [4.78, 5) is 11.8. The summed E-state index contributed by atoms with van der Waals surface area (Å²) in [5.74, 6) is 0.831. The van der Waals surface area contributed by atoms with Gasteiger partial charge in [-0.2, -0.15) is 0 Å². The summed E-state index contributed by atoms with van der Waals surface area (Å²) in [5, 5.41) is 0. The number of hydrogen-bond donors (Lipinski definition) is 0. The molecule has 3 heteroatoms. The third-order valence-corrected chi connectivity index (χ3v) is 6.14. The van der Waals surface area contributed by atoms with Crippen LogP contribution in [0.4, 0.5) is 0 Å². The molecule has 0 N–H and O–H groups in total. The summed E-state index contributed by atoms with van der Waals surface area (Å²) in [7, 11) is 0. The Hall–Kier alpha value is -0.830. The first kappa shape index (κ1) is 12.0. The molecule has 4 aliphatic rings. The molecule has 4 fully saturated rings. The Kier molecular flexibility index (Phi) is 2.16. The lowest BCUT2D eigenvalue weighted by atomic mass is 9.81. The summed E-state index contributed by atoms with van der Waals surface area (Å²) >= 11 is 0. The maximum Gasteiger partial charge on any atom is 0.334 e. The van der Waals surface area contributed by atoms with Gasteiger partial charge in [0, 0.05) is 11.5 Å². The zero-order valence-electron chi connectivity index (χ0n) is 11.8. The van der Waals surface area contributed by atoms with Gasteiger partial charge >= 0.3 is 5.97 Å². The van der Waals surface area contributed by atoms with Gasteiger partial charge in [0.15, 0.2) is 0 Å². The number of epoxide rings is 1. The van der Waals surface area contributed by atoms with E-state index in [2.05, 4.69) is 20.4 Å². The van der Waals surface area contributed by atoms with Gasteiger partial charge in [0.2, 0.25) is 0 Å². The molecule has 0 bridgehead atoms. The Bertz CT molecular complexity index is 471. The van der Waals surface area contributed by atoms with Crippen LogP contribution in [0, 0.1) is 17.3 Å². The number of ether oxygens (including phenoxy) is 2. The highest BCUT2D eigenvalue weighted by Gasteiger charge is 2.63. The van der Waals surface area contributed by atoms with E-state index >= 15 is 0 Å². The van der Waals surface area contributed by atoms with Gasteiger partial charge in [0.1, 0.15) is 12.2 Å². The summed E-state index contributed by atoms with van der Waals surface area (Å²) in [6.45, 7) is 8.52. The van der Waals surface area contributed by atoms with Crippen LogP contribution in [0.15, 0.2) is 12.2 Å². The molecule has 2 aliphatic carbocycles. The SMILES string of the molecule is C=C1C(=O)OC2C1CCC1(C)CC1CCC1(C)OC21. The van der Waals surface area contributed by atoms with Crippen LogP contribution in [0.2, 0.25) is 0 Å². The predicted molar refractivity (Wildman–Crippen MR) is 70.5 cm³/mol. The first-order valence-corrected chi connectivity index (χ1v) is 7.51. The Morgan fingerprint density at radius 3 is 2.84 bits per heavy atom. The number of rotatable bonds is 0. The van der Waals surface area contributed by atoms with E-state index in [1.54, 1.807) is 0 Å². The highest BCUT2D eigenvalue weighted by Crippen LogP contribution is 2.61. The van der Waals surface area contributed by atoms with Crippen LogP contribution in [-0.2, 0) is 14.3 Å². The lowest BCUT2D eigenvalue weighted by Crippen LogP contribution is -2.29. The van der Waals surface area contributed by atoms with Gasteiger partial charge in [0.25, 0.3) is 0 Å². The fraction of sp³-hybridized carbons (Fsp3) is 0.812. The third kappa shape index (κ3) is 1.63. The molecule has 4 rings (SSSR count). The van der Waals surface area contributed by atoms with Gasteiger partial charge in [0.05, 0.1) is 5.60 Å². The zero-order valence-corrected chi connectivity index (χ0v) is 11.8. The highest BCUT2D eigenvalue weighted by molar-refractivity contribution is 5.91. The molecule has 0 aromatic carbocycles. The summed E-state index contributed by atoms with van der Waals surface area (Å²) < 4.78 is 11.5. The van der Waals surface area contributed by atoms with E-state index in [0.29, 0.717) is 11.0 Å². The smallest absolute Gasteiger partial charge is 0.334 e. The van der Waals surface area contributed by atoms with Crippen molar-refractivity contribution in [3.8, 4) is 0 Å². The summed E-state index contributed by atoms with van der Waals surface area (Å²) in [6, 6.07) is 0. The van der Waals surface area contributed by atoms with E-state index in [1.165, 1.54) is 19.3 Å². The monoisotopic (exact) mass is 262 g/mol. The first-order valence-electron chi connectivity index (χ1n) is 7.51. The van der Waals surface area contributed by atoms with E-state index in [0.717, 1.165) is 18.8 Å². The molecule has 2 heterocycles. The van der Waals surface area contributed by atoms with Crippen molar-refractivity contribution in [1.29, 1.82) is 0 Å². The Balaban J connectivity index is 1.62. The molecule has 2 saturated carbocycles. The highest BCUT2D eigenvalue weighted by atomic mass is 16.6. The van der Waals surface area contributed by atoms with Gasteiger partial charge in [-0.15, -0.1) is 0 Å². The van der Waals surface area contributed by atoms with Crippen LogP contribution in [0.5, 0.6) is 0 Å². The van der Waals surface area contributed by atoms with Crippen LogP contribution in [-0.4, -0.2) is 23.8 Å². The van der Waals surface area contributed by atoms with Crippen LogP contribution in [0.3, 0.4) is 0 Å². The van der Waals surface area contributed by atoms with E-state index in [9.17, 15) is 4.79 Å². The average Bonchev–Trinajstić information content (AvgIpc) is 3.18. The second-order valence-electron chi connectivity index (χ2n) is 7.49. The maximum absolute atomic E-state index is 11.8. The quantitative estimate of drug-likeness (QED) is 0.383. The molecular weight excluding hydrogens is 240 g/mol. The maximum atomic E-state index is 11.8. The lowest BCUT2D eigenvalue weighted by Gasteiger charge is -2.21. The normalized spacial score (nSPS) is 55.7. The number of carbonyl (C=O) groups is 1. The van der Waals surface area contributed by atoms with Crippen molar-refractivity contribution in [3.05, 3.63) is 12.2 Å². The van der Waals surface area contributed by atoms with Crippen molar-refractivity contribution in [2.45, 2.75) is 63.8 Å². The Morgan fingerprint density at radius 2 is 2.05 bits per heavy atom. The lowest BCUT2D eigenvalue weighted by molar-refractivity contribution is -0.140. The zero-order chi connectivity index (χ0) is 13.4. The summed E-state index contributed by atoms with van der Waals surface area (Å²) in [6.07, 6.45) is 5.94. The predicted octanol–water partition coefficient (Wildman–Crippen LogP) is 2.84. The molecule has 0 aromatic heterocycles. The van der Waals surface area contributed by atoms with Gasteiger partial charge in [-0.25, -0.2) is 4.79 Å². The molecule has 19 heavy (non-hydrogen) atoms. The van der Waals surface area contributed by atoms with Gasteiger partial charge in [-0.3, -0.25) is 0 Å². The molecule has 2 saturated heterocycles. The molecule has 0 amide bonds. The fourth-order valence-electron chi connectivity index (χ4n) is 4.32. The number of esters is 1. The van der Waals surface area contributed by atoms with Crippen molar-refractivity contribution < 1.29 is 14.3 Å². The number of fused-ring (bicyclic) bond motifs is 4. The van der Waals surface area contributed by atoms with Crippen molar-refractivity contribution in [2.75, 3.05) is 0 Å². The molecule has 6 unspecified atom stereocenters. The minimum Gasteiger partial charge on any atom is -0.455 e. The Morgan fingerprint density at radius 1 is 1.26 bits per heavy atom. The molecule has 6 atom stereocenters. The second-order valence-corrected chi connectivity index (χ2v) is 7.49. The van der Waals surface area contributed by atoms with E-state index in [4.69, 9.17) is 9.47 Å². The van der Waals surface area contributed by atoms with Gasteiger partial charge < -0.3 is 9.47 Å².